The van der Waals surface area contributed by atoms with Crippen molar-refractivity contribution < 1.29 is 74.4 Å². The second-order valence-electron chi connectivity index (χ2n) is 8.53. The summed E-state index contributed by atoms with van der Waals surface area (Å²) in [4.78, 5) is 0. The van der Waals surface area contributed by atoms with Crippen LogP contribution in [0.25, 0.3) is 0 Å². The van der Waals surface area contributed by atoms with Crippen molar-refractivity contribution in [1.82, 2.24) is 0 Å². The smallest absolute Gasteiger partial charge is 0.187 e. The lowest BCUT2D eigenvalue weighted by molar-refractivity contribution is -0.384. The first-order chi connectivity index (χ1) is 16.0. The van der Waals surface area contributed by atoms with Crippen LogP contribution in [0.5, 0.6) is 0 Å². The molecule has 0 saturated carbocycles. The van der Waals surface area contributed by atoms with E-state index >= 15 is 0 Å². The topological polar surface area (TPSA) is 237 Å². The summed E-state index contributed by atoms with van der Waals surface area (Å²) in [5.41, 5.74) is 0. The van der Waals surface area contributed by atoms with Crippen LogP contribution >= 0.6 is 0 Å². The largest absolute Gasteiger partial charge is 0.394 e. The van der Waals surface area contributed by atoms with Crippen molar-refractivity contribution in [3.8, 4) is 0 Å². The van der Waals surface area contributed by atoms with E-state index in [9.17, 15) is 46.0 Å². The molecule has 0 aromatic carbocycles. The highest BCUT2D eigenvalue weighted by molar-refractivity contribution is 4.96. The van der Waals surface area contributed by atoms with Gasteiger partial charge in [-0.1, -0.05) is 0 Å². The number of aliphatic hydroxyl groups excluding tert-OH is 9. The van der Waals surface area contributed by atoms with Crippen molar-refractivity contribution in [2.75, 3.05) is 20.3 Å². The predicted octanol–water partition coefficient (Wildman–Crippen LogP) is -5.89. The summed E-state index contributed by atoms with van der Waals surface area (Å²) in [5, 5.41) is 90.7. The maximum Gasteiger partial charge on any atom is 0.187 e. The van der Waals surface area contributed by atoms with Gasteiger partial charge in [0.2, 0.25) is 0 Å². The van der Waals surface area contributed by atoms with Gasteiger partial charge in [-0.05, 0) is 6.92 Å². The van der Waals surface area contributed by atoms with E-state index in [1.807, 2.05) is 0 Å². The van der Waals surface area contributed by atoms with Crippen molar-refractivity contribution in [3.05, 3.63) is 0 Å². The van der Waals surface area contributed by atoms with Crippen LogP contribution in [-0.2, 0) is 28.4 Å². The first-order valence-electron chi connectivity index (χ1n) is 10.8. The van der Waals surface area contributed by atoms with Crippen LogP contribution in [0.1, 0.15) is 6.92 Å². The molecule has 0 amide bonds. The third-order valence-corrected chi connectivity index (χ3v) is 6.27. The summed E-state index contributed by atoms with van der Waals surface area (Å²) in [7, 11) is 1.21. The molecule has 3 rings (SSSR count). The first-order valence-corrected chi connectivity index (χ1v) is 10.8. The van der Waals surface area contributed by atoms with Crippen molar-refractivity contribution in [3.63, 3.8) is 0 Å². The maximum atomic E-state index is 10.8. The minimum absolute atomic E-state index is 0.685. The standard InChI is InChI=1S/C19H34O15/c1-5-8(22)10(24)12(26)18(30-5)33-15-7(4-21)32-17(29-2)14(28)16(15)34-19-13(27)11(25)9(23)6(3-20)31-19/h5-28H,3-4H2,1-2H3/t5-,6+,7+,8+,9+,10+,11-,12-,13+,14+,15-,16+,17-,18-,19+/m0/s1. The zero-order valence-electron chi connectivity index (χ0n) is 18.5. The maximum absolute atomic E-state index is 10.8. The van der Waals surface area contributed by atoms with E-state index in [1.165, 1.54) is 14.0 Å². The van der Waals surface area contributed by atoms with E-state index in [0.717, 1.165) is 0 Å². The molecule has 15 heteroatoms. The summed E-state index contributed by atoms with van der Waals surface area (Å²) in [6, 6.07) is 0. The zero-order chi connectivity index (χ0) is 25.3. The van der Waals surface area contributed by atoms with Crippen molar-refractivity contribution in [1.29, 1.82) is 0 Å². The molecule has 0 spiro atoms. The minimum Gasteiger partial charge on any atom is -0.394 e. The molecule has 3 aliphatic rings. The Morgan fingerprint density at radius 1 is 0.559 bits per heavy atom. The molecule has 3 heterocycles. The van der Waals surface area contributed by atoms with Gasteiger partial charge in [0.25, 0.3) is 0 Å². The molecule has 15 atom stereocenters. The highest BCUT2D eigenvalue weighted by Gasteiger charge is 2.53. The lowest BCUT2D eigenvalue weighted by Crippen LogP contribution is -2.67. The number of hydrogen-bond acceptors (Lipinski definition) is 15. The van der Waals surface area contributed by atoms with E-state index in [1.54, 1.807) is 0 Å². The summed E-state index contributed by atoms with van der Waals surface area (Å²) in [5.74, 6) is 0. The Hall–Kier alpha value is -0.600. The molecule has 34 heavy (non-hydrogen) atoms. The molecule has 0 aromatic rings. The Labute approximate surface area is 194 Å². The highest BCUT2D eigenvalue weighted by atomic mass is 16.8. The Bertz CT molecular complexity index is 639. The Kier molecular flexibility index (Phi) is 9.57. The van der Waals surface area contributed by atoms with E-state index in [0.29, 0.717) is 0 Å². The van der Waals surface area contributed by atoms with Gasteiger partial charge in [-0.25, -0.2) is 0 Å². The van der Waals surface area contributed by atoms with Crippen LogP contribution in [0.3, 0.4) is 0 Å². The summed E-state index contributed by atoms with van der Waals surface area (Å²) in [6.07, 6.45) is -22.6. The van der Waals surface area contributed by atoms with Crippen LogP contribution in [0.15, 0.2) is 0 Å². The van der Waals surface area contributed by atoms with Gasteiger partial charge >= 0.3 is 0 Å². The number of rotatable bonds is 7. The van der Waals surface area contributed by atoms with E-state index in [-0.39, 0.29) is 0 Å². The minimum atomic E-state index is -1.81. The molecule has 0 unspecified atom stereocenters. The van der Waals surface area contributed by atoms with Gasteiger partial charge < -0.3 is 74.4 Å². The predicted molar refractivity (Wildman–Crippen MR) is 105 cm³/mol. The van der Waals surface area contributed by atoms with Gasteiger partial charge in [-0.3, -0.25) is 0 Å². The van der Waals surface area contributed by atoms with Gasteiger partial charge in [-0.2, -0.15) is 0 Å². The Balaban J connectivity index is 1.86. The number of ether oxygens (including phenoxy) is 6. The summed E-state index contributed by atoms with van der Waals surface area (Å²) < 4.78 is 32.7. The van der Waals surface area contributed by atoms with Gasteiger partial charge in [0, 0.05) is 7.11 Å². The molecule has 15 nitrogen and oxygen atoms in total. The second-order valence-corrected chi connectivity index (χ2v) is 8.53. The highest BCUT2D eigenvalue weighted by Crippen LogP contribution is 2.33. The van der Waals surface area contributed by atoms with Crippen molar-refractivity contribution >= 4 is 0 Å². The van der Waals surface area contributed by atoms with Crippen LogP contribution in [-0.4, -0.2) is 158 Å². The van der Waals surface area contributed by atoms with Crippen LogP contribution in [0.4, 0.5) is 0 Å². The van der Waals surface area contributed by atoms with Crippen molar-refractivity contribution in [2.45, 2.75) is 99.0 Å². The normalized spacial score (nSPS) is 52.5. The molecule has 3 aliphatic heterocycles. The molecular formula is C19H34O15. The number of aliphatic hydroxyl groups is 9. The van der Waals surface area contributed by atoms with E-state index in [2.05, 4.69) is 0 Å². The summed E-state index contributed by atoms with van der Waals surface area (Å²) >= 11 is 0. The molecule has 9 N–H and O–H groups in total. The molecular weight excluding hydrogens is 468 g/mol. The third-order valence-electron chi connectivity index (χ3n) is 6.27. The number of hydrogen-bond donors (Lipinski definition) is 9. The Morgan fingerprint density at radius 2 is 1.06 bits per heavy atom. The second kappa shape index (κ2) is 11.6. The fraction of sp³-hybridized carbons (Fsp3) is 1.00. The fourth-order valence-corrected chi connectivity index (χ4v) is 4.17. The van der Waals surface area contributed by atoms with E-state index < -0.39 is 105 Å². The van der Waals surface area contributed by atoms with Gasteiger partial charge in [0.15, 0.2) is 18.9 Å². The quantitative estimate of drug-likeness (QED) is 0.157. The molecule has 200 valence electrons. The molecule has 0 aromatic heterocycles. The van der Waals surface area contributed by atoms with Crippen LogP contribution < -0.4 is 0 Å². The summed E-state index contributed by atoms with van der Waals surface area (Å²) in [6.45, 7) is 0.0192. The number of methoxy groups -OCH3 is 1. The van der Waals surface area contributed by atoms with Gasteiger partial charge in [0.05, 0.1) is 19.3 Å². The monoisotopic (exact) mass is 502 g/mol. The lowest BCUT2D eigenvalue weighted by Gasteiger charge is -2.48. The van der Waals surface area contributed by atoms with Crippen molar-refractivity contribution in [2.24, 2.45) is 0 Å². The third kappa shape index (κ3) is 5.39. The van der Waals surface area contributed by atoms with E-state index in [4.69, 9.17) is 28.4 Å². The van der Waals surface area contributed by atoms with Gasteiger partial charge in [0.1, 0.15) is 67.1 Å². The molecule has 3 fully saturated rings. The molecule has 3 saturated heterocycles. The zero-order valence-corrected chi connectivity index (χ0v) is 18.5. The fourth-order valence-electron chi connectivity index (χ4n) is 4.17. The molecule has 0 aliphatic carbocycles. The average molecular weight is 502 g/mol. The van der Waals surface area contributed by atoms with Crippen LogP contribution in [0, 0.1) is 0 Å². The SMILES string of the molecule is CO[C@H]1O[C@H](CO)[C@H](O[C@@H]2O[C@@H](C)[C@@H](O)[C@@H](O)[C@@H]2O)[C@H](O[C@H]2O[C@H](CO)[C@@H](O)[C@H](O)[C@H]2O)[C@H]1O. The molecule has 0 radical (unpaired) electrons. The van der Waals surface area contributed by atoms with Gasteiger partial charge in [-0.15, -0.1) is 0 Å². The average Bonchev–Trinajstić information content (AvgIpc) is 2.83. The first kappa shape index (κ1) is 28.0. The Morgan fingerprint density at radius 3 is 1.62 bits per heavy atom. The lowest BCUT2D eigenvalue weighted by atomic mass is 9.96. The molecule has 0 bridgehead atoms. The van der Waals surface area contributed by atoms with Crippen LogP contribution in [0.2, 0.25) is 0 Å².